The van der Waals surface area contributed by atoms with Gasteiger partial charge in [-0.1, -0.05) is 0 Å². The molecule has 0 saturated heterocycles. The predicted molar refractivity (Wildman–Crippen MR) is 112 cm³/mol. The van der Waals surface area contributed by atoms with Crippen LogP contribution in [-0.4, -0.2) is 28.9 Å². The van der Waals surface area contributed by atoms with Crippen LogP contribution in [0.3, 0.4) is 0 Å². The number of carbonyl (C=O) groups is 2. The van der Waals surface area contributed by atoms with Crippen LogP contribution in [0.1, 0.15) is 37.8 Å². The first kappa shape index (κ1) is 24.0. The summed E-state index contributed by atoms with van der Waals surface area (Å²) < 4.78 is 50.7. The summed E-state index contributed by atoms with van der Waals surface area (Å²) in [5, 5.41) is 11.5. The number of methoxy groups -OCH3 is 1. The van der Waals surface area contributed by atoms with E-state index >= 15 is 0 Å². The number of halogens is 3. The average molecular weight is 471 g/mol. The first-order chi connectivity index (χ1) is 16.0. The van der Waals surface area contributed by atoms with Crippen LogP contribution < -0.4 is 20.5 Å². The van der Waals surface area contributed by atoms with Crippen molar-refractivity contribution in [2.24, 2.45) is 5.73 Å². The standard InChI is InChI=1S/C22H16F3N5O4/c1-11-17(19(32)29-14-6-4-13(5-7-14)18(27)31)20(30-21(28-11)22(23,24)25)34-15-8-3-12(10-26)9-16(15)33-2/h3-9H,1-2H3,(H2,27,31)(H,29,32). The van der Waals surface area contributed by atoms with Crippen molar-refractivity contribution in [3.05, 3.63) is 70.7 Å². The van der Waals surface area contributed by atoms with Gasteiger partial charge in [0.1, 0.15) is 5.56 Å². The molecular weight excluding hydrogens is 455 g/mol. The van der Waals surface area contributed by atoms with Gasteiger partial charge in [0.15, 0.2) is 11.5 Å². The highest BCUT2D eigenvalue weighted by Crippen LogP contribution is 2.36. The molecule has 0 atom stereocenters. The Morgan fingerprint density at radius 1 is 1.09 bits per heavy atom. The minimum absolute atomic E-state index is 0.0391. The number of benzene rings is 2. The number of hydrogen-bond acceptors (Lipinski definition) is 7. The summed E-state index contributed by atoms with van der Waals surface area (Å²) in [5.74, 6) is -3.74. The first-order valence-electron chi connectivity index (χ1n) is 9.46. The molecule has 0 saturated carbocycles. The van der Waals surface area contributed by atoms with Gasteiger partial charge in [0.2, 0.25) is 17.6 Å². The molecule has 12 heteroatoms. The van der Waals surface area contributed by atoms with E-state index in [-0.39, 0.29) is 39.6 Å². The Hall–Kier alpha value is -4.66. The molecule has 1 heterocycles. The Balaban J connectivity index is 2.05. The number of nitrogens with zero attached hydrogens (tertiary/aromatic N) is 3. The van der Waals surface area contributed by atoms with Crippen molar-refractivity contribution >= 4 is 17.5 Å². The van der Waals surface area contributed by atoms with Crippen molar-refractivity contribution in [1.29, 1.82) is 5.26 Å². The lowest BCUT2D eigenvalue weighted by atomic mass is 10.1. The third-order valence-electron chi connectivity index (χ3n) is 4.46. The molecule has 0 aliphatic heterocycles. The third-order valence-corrected chi connectivity index (χ3v) is 4.46. The zero-order valence-electron chi connectivity index (χ0n) is 17.7. The second kappa shape index (κ2) is 9.45. The summed E-state index contributed by atoms with van der Waals surface area (Å²) in [4.78, 5) is 31.0. The Bertz CT molecular complexity index is 1300. The smallest absolute Gasteiger partial charge is 0.451 e. The zero-order valence-corrected chi connectivity index (χ0v) is 17.7. The SMILES string of the molecule is COc1cc(C#N)ccc1Oc1nc(C(F)(F)F)nc(C)c1C(=O)Nc1ccc(C(N)=O)cc1. The summed E-state index contributed by atoms with van der Waals surface area (Å²) in [7, 11) is 1.28. The Labute approximate surface area is 191 Å². The van der Waals surface area contributed by atoms with Gasteiger partial charge in [0.05, 0.1) is 24.4 Å². The van der Waals surface area contributed by atoms with Crippen LogP contribution in [0.4, 0.5) is 18.9 Å². The molecule has 2 amide bonds. The molecule has 0 radical (unpaired) electrons. The van der Waals surface area contributed by atoms with Gasteiger partial charge in [0.25, 0.3) is 5.91 Å². The van der Waals surface area contributed by atoms with Crippen molar-refractivity contribution in [2.75, 3.05) is 12.4 Å². The fourth-order valence-corrected chi connectivity index (χ4v) is 2.85. The zero-order chi connectivity index (χ0) is 25.0. The van der Waals surface area contributed by atoms with E-state index in [2.05, 4.69) is 15.3 Å². The number of nitrogens with one attached hydrogen (secondary N) is 1. The number of nitrogens with two attached hydrogens (primary N) is 1. The summed E-state index contributed by atoms with van der Waals surface area (Å²) >= 11 is 0. The predicted octanol–water partition coefficient (Wildman–Crippen LogP) is 3.83. The Morgan fingerprint density at radius 3 is 2.32 bits per heavy atom. The van der Waals surface area contributed by atoms with Gasteiger partial charge in [-0.3, -0.25) is 9.59 Å². The maximum atomic E-state index is 13.3. The van der Waals surface area contributed by atoms with E-state index in [1.807, 2.05) is 6.07 Å². The second-order valence-corrected chi connectivity index (χ2v) is 6.79. The van der Waals surface area contributed by atoms with Crippen LogP contribution in [0.15, 0.2) is 42.5 Å². The summed E-state index contributed by atoms with van der Waals surface area (Å²) in [6.45, 7) is 1.20. The lowest BCUT2D eigenvalue weighted by Crippen LogP contribution is -2.20. The largest absolute Gasteiger partial charge is 0.493 e. The number of amides is 2. The molecule has 3 N–H and O–H groups in total. The van der Waals surface area contributed by atoms with E-state index in [0.29, 0.717) is 0 Å². The highest BCUT2D eigenvalue weighted by atomic mass is 19.4. The monoisotopic (exact) mass is 471 g/mol. The number of aromatic nitrogens is 2. The van der Waals surface area contributed by atoms with Crippen LogP contribution in [0.25, 0.3) is 0 Å². The number of carbonyl (C=O) groups excluding carboxylic acids is 2. The van der Waals surface area contributed by atoms with Gasteiger partial charge in [-0.15, -0.1) is 0 Å². The fourth-order valence-electron chi connectivity index (χ4n) is 2.85. The quantitative estimate of drug-likeness (QED) is 0.557. The molecule has 0 bridgehead atoms. The van der Waals surface area contributed by atoms with Crippen LogP contribution >= 0.6 is 0 Å². The molecule has 0 fully saturated rings. The van der Waals surface area contributed by atoms with Crippen molar-refractivity contribution in [2.45, 2.75) is 13.1 Å². The molecule has 174 valence electrons. The fraction of sp³-hybridized carbons (Fsp3) is 0.136. The van der Waals surface area contributed by atoms with Gasteiger partial charge in [0, 0.05) is 17.3 Å². The van der Waals surface area contributed by atoms with Gasteiger partial charge in [-0.2, -0.15) is 23.4 Å². The molecule has 0 aliphatic carbocycles. The second-order valence-electron chi connectivity index (χ2n) is 6.79. The number of aryl methyl sites for hydroxylation is 1. The van der Waals surface area contributed by atoms with Crippen molar-refractivity contribution < 1.29 is 32.2 Å². The van der Waals surface area contributed by atoms with Crippen LogP contribution in [0.5, 0.6) is 17.4 Å². The number of anilines is 1. The minimum Gasteiger partial charge on any atom is -0.493 e. The molecule has 34 heavy (non-hydrogen) atoms. The normalized spacial score (nSPS) is 10.8. The number of nitriles is 1. The number of primary amides is 1. The van der Waals surface area contributed by atoms with E-state index in [9.17, 15) is 22.8 Å². The molecule has 2 aromatic carbocycles. The third kappa shape index (κ3) is 5.21. The molecule has 0 spiro atoms. The first-order valence-corrected chi connectivity index (χ1v) is 9.46. The number of hydrogen-bond donors (Lipinski definition) is 2. The van der Waals surface area contributed by atoms with Gasteiger partial charge in [-0.05, 0) is 43.3 Å². The molecule has 3 rings (SSSR count). The summed E-state index contributed by atoms with van der Waals surface area (Å²) in [6.07, 6.45) is -4.91. The highest BCUT2D eigenvalue weighted by molar-refractivity contribution is 6.07. The van der Waals surface area contributed by atoms with Crippen molar-refractivity contribution in [1.82, 2.24) is 9.97 Å². The van der Waals surface area contributed by atoms with Crippen LogP contribution in [0.2, 0.25) is 0 Å². The Morgan fingerprint density at radius 2 is 1.76 bits per heavy atom. The maximum absolute atomic E-state index is 13.3. The Kier molecular flexibility index (Phi) is 6.67. The number of rotatable bonds is 6. The molecule has 3 aromatic rings. The van der Waals surface area contributed by atoms with E-state index < -0.39 is 29.7 Å². The highest BCUT2D eigenvalue weighted by Gasteiger charge is 2.37. The maximum Gasteiger partial charge on any atom is 0.451 e. The minimum atomic E-state index is -4.91. The lowest BCUT2D eigenvalue weighted by molar-refractivity contribution is -0.145. The average Bonchev–Trinajstić information content (AvgIpc) is 2.78. The molecule has 0 aliphatic rings. The van der Waals surface area contributed by atoms with E-state index in [4.69, 9.17) is 20.5 Å². The van der Waals surface area contributed by atoms with Gasteiger partial charge < -0.3 is 20.5 Å². The van der Waals surface area contributed by atoms with Crippen molar-refractivity contribution in [3.8, 4) is 23.4 Å². The van der Waals surface area contributed by atoms with Crippen molar-refractivity contribution in [3.63, 3.8) is 0 Å². The lowest BCUT2D eigenvalue weighted by Gasteiger charge is -2.16. The van der Waals surface area contributed by atoms with E-state index in [1.165, 1.54) is 56.5 Å². The molecular formula is C22H16F3N5O4. The van der Waals surface area contributed by atoms with Crippen LogP contribution in [0, 0.1) is 18.3 Å². The molecule has 9 nitrogen and oxygen atoms in total. The molecule has 0 unspecified atom stereocenters. The summed E-state index contributed by atoms with van der Waals surface area (Å²) in [5.41, 5.74) is 5.17. The topological polar surface area (TPSA) is 140 Å². The molecule has 1 aromatic heterocycles. The summed E-state index contributed by atoms with van der Waals surface area (Å²) in [6, 6.07) is 11.4. The van der Waals surface area contributed by atoms with Gasteiger partial charge in [-0.25, -0.2) is 4.98 Å². The van der Waals surface area contributed by atoms with Gasteiger partial charge >= 0.3 is 6.18 Å². The van der Waals surface area contributed by atoms with Crippen LogP contribution in [-0.2, 0) is 6.18 Å². The number of ether oxygens (including phenoxy) is 2. The number of alkyl halides is 3. The van der Waals surface area contributed by atoms with E-state index in [0.717, 1.165) is 0 Å². The van der Waals surface area contributed by atoms with E-state index in [1.54, 1.807) is 0 Å².